The van der Waals surface area contributed by atoms with Crippen LogP contribution in [0, 0.1) is 5.92 Å². The number of benzene rings is 2. The van der Waals surface area contributed by atoms with Gasteiger partial charge in [-0.3, -0.25) is 4.79 Å². The van der Waals surface area contributed by atoms with Crippen LogP contribution in [0.5, 0.6) is 0 Å². The van der Waals surface area contributed by atoms with E-state index >= 15 is 0 Å². The number of nitrogens with zero attached hydrogens (tertiary/aromatic N) is 1. The second kappa shape index (κ2) is 12.8. The molecule has 0 radical (unpaired) electrons. The maximum Gasteiger partial charge on any atom is 0.326 e. The van der Waals surface area contributed by atoms with Gasteiger partial charge in [0.05, 0.1) is 0 Å². The lowest BCUT2D eigenvalue weighted by Gasteiger charge is -2.28. The van der Waals surface area contributed by atoms with Gasteiger partial charge in [-0.25, -0.2) is 9.59 Å². The van der Waals surface area contributed by atoms with Gasteiger partial charge in [0.1, 0.15) is 6.04 Å². The summed E-state index contributed by atoms with van der Waals surface area (Å²) in [7, 11) is 0. The van der Waals surface area contributed by atoms with Crippen LogP contribution in [0.25, 0.3) is 0 Å². The molecular weight excluding hydrogens is 412 g/mol. The first-order valence-electron chi connectivity index (χ1n) is 10.3. The highest BCUT2D eigenvalue weighted by Gasteiger charge is 2.24. The van der Waals surface area contributed by atoms with Crippen molar-refractivity contribution in [3.8, 4) is 0 Å². The fourth-order valence-electron chi connectivity index (χ4n) is 3.16. The summed E-state index contributed by atoms with van der Waals surface area (Å²) in [5, 5.41) is 12.4. The molecule has 2 rings (SSSR count). The van der Waals surface area contributed by atoms with Crippen LogP contribution in [0.15, 0.2) is 60.7 Å². The molecule has 7 heteroatoms. The van der Waals surface area contributed by atoms with Gasteiger partial charge in [-0.15, -0.1) is 0 Å². The van der Waals surface area contributed by atoms with Crippen LogP contribution in [-0.2, 0) is 22.4 Å². The van der Waals surface area contributed by atoms with Crippen molar-refractivity contribution >= 4 is 28.9 Å². The smallest absolute Gasteiger partial charge is 0.326 e. The maximum atomic E-state index is 13.0. The first-order chi connectivity index (χ1) is 14.8. The number of urea groups is 1. The van der Waals surface area contributed by atoms with Gasteiger partial charge in [0.2, 0.25) is 0 Å². The molecule has 2 aromatic carbocycles. The third-order valence-electron chi connectivity index (χ3n) is 4.78. The molecule has 166 valence electrons. The minimum Gasteiger partial charge on any atom is -0.480 e. The normalized spacial score (nSPS) is 12.6. The average molecular weight is 443 g/mol. The Kier molecular flexibility index (Phi) is 10.1. The number of nitrogens with one attached hydrogen (secondary N) is 1. The van der Waals surface area contributed by atoms with Crippen molar-refractivity contribution in [2.24, 2.45) is 5.92 Å². The Morgan fingerprint density at radius 2 is 1.58 bits per heavy atom. The van der Waals surface area contributed by atoms with E-state index in [0.717, 1.165) is 11.1 Å². The lowest BCUT2D eigenvalue weighted by molar-refractivity contribution is -0.139. The fourth-order valence-corrected chi connectivity index (χ4v) is 3.79. The summed E-state index contributed by atoms with van der Waals surface area (Å²) in [5.41, 5.74) is 1.95. The van der Waals surface area contributed by atoms with E-state index < -0.39 is 18.0 Å². The van der Waals surface area contributed by atoms with E-state index in [1.165, 1.54) is 18.7 Å². The van der Waals surface area contributed by atoms with Crippen LogP contribution in [-0.4, -0.2) is 52.0 Å². The molecule has 2 aromatic rings. The van der Waals surface area contributed by atoms with Crippen molar-refractivity contribution in [3.63, 3.8) is 0 Å². The summed E-state index contributed by atoms with van der Waals surface area (Å²) in [4.78, 5) is 37.7. The van der Waals surface area contributed by atoms with Crippen LogP contribution >= 0.6 is 11.8 Å². The van der Waals surface area contributed by atoms with E-state index in [1.54, 1.807) is 4.90 Å². The van der Waals surface area contributed by atoms with Gasteiger partial charge in [0.25, 0.3) is 0 Å². The summed E-state index contributed by atoms with van der Waals surface area (Å²) in [6.45, 7) is 4.41. The molecule has 2 atom stereocenters. The average Bonchev–Trinajstić information content (AvgIpc) is 2.76. The Morgan fingerprint density at radius 3 is 2.13 bits per heavy atom. The molecule has 31 heavy (non-hydrogen) atoms. The first-order valence-corrected chi connectivity index (χ1v) is 11.3. The minimum absolute atomic E-state index is 0.0425. The second-order valence-electron chi connectivity index (χ2n) is 7.62. The molecule has 0 aromatic heterocycles. The highest BCUT2D eigenvalue weighted by molar-refractivity contribution is 8.13. The van der Waals surface area contributed by atoms with Gasteiger partial charge in [-0.05, 0) is 23.5 Å². The first kappa shape index (κ1) is 24.5. The number of carbonyl (C=O) groups excluding carboxylic acids is 2. The van der Waals surface area contributed by atoms with Crippen LogP contribution in [0.1, 0.15) is 25.0 Å². The summed E-state index contributed by atoms with van der Waals surface area (Å²) in [6.07, 6.45) is 0.876. The van der Waals surface area contributed by atoms with Gasteiger partial charge in [-0.1, -0.05) is 79.3 Å². The molecule has 0 aliphatic heterocycles. The monoisotopic (exact) mass is 442 g/mol. The molecular formula is C24H30N2O4S. The predicted octanol–water partition coefficient (Wildman–Crippen LogP) is 3.85. The van der Waals surface area contributed by atoms with E-state index in [0.29, 0.717) is 25.3 Å². The van der Waals surface area contributed by atoms with Gasteiger partial charge < -0.3 is 15.3 Å². The van der Waals surface area contributed by atoms with Crippen molar-refractivity contribution in [2.75, 3.05) is 18.8 Å². The molecule has 0 bridgehead atoms. The molecule has 0 saturated carbocycles. The summed E-state index contributed by atoms with van der Waals surface area (Å²) >= 11 is 1.24. The maximum absolute atomic E-state index is 13.0. The number of hydrogen-bond acceptors (Lipinski definition) is 4. The third kappa shape index (κ3) is 9.26. The molecule has 0 saturated heterocycles. The zero-order chi connectivity index (χ0) is 22.6. The summed E-state index contributed by atoms with van der Waals surface area (Å²) < 4.78 is 0. The van der Waals surface area contributed by atoms with Crippen LogP contribution in [0.2, 0.25) is 0 Å². The Labute approximate surface area is 188 Å². The standard InChI is InChI=1S/C24H30N2O4S/c1-18(17-31-19(2)27)16-26(14-13-20-9-5-3-6-10-20)24(30)25-22(23(28)29)15-21-11-7-4-8-12-21/h3-12,18,22H,13-17H2,1-2H3,(H,25,30)(H,28,29)/t18-,22-/m0/s1. The summed E-state index contributed by atoms with van der Waals surface area (Å²) in [5.74, 6) is -0.371. The Balaban J connectivity index is 2.06. The highest BCUT2D eigenvalue weighted by atomic mass is 32.2. The number of rotatable bonds is 11. The van der Waals surface area contributed by atoms with Crippen molar-refractivity contribution in [2.45, 2.75) is 32.7 Å². The van der Waals surface area contributed by atoms with Gasteiger partial charge >= 0.3 is 12.0 Å². The van der Waals surface area contributed by atoms with Crippen LogP contribution < -0.4 is 5.32 Å². The molecule has 0 unspecified atom stereocenters. The van der Waals surface area contributed by atoms with Gasteiger partial charge in [0, 0.05) is 32.2 Å². The zero-order valence-corrected chi connectivity index (χ0v) is 18.8. The Hall–Kier alpha value is -2.80. The molecule has 0 aliphatic carbocycles. The molecule has 0 fully saturated rings. The Morgan fingerprint density at radius 1 is 1.00 bits per heavy atom. The number of carboxylic acid groups (broad SMARTS) is 1. The third-order valence-corrected chi connectivity index (χ3v) is 5.92. The van der Waals surface area contributed by atoms with E-state index in [4.69, 9.17) is 0 Å². The van der Waals surface area contributed by atoms with E-state index in [2.05, 4.69) is 5.32 Å². The van der Waals surface area contributed by atoms with Gasteiger partial charge in [0.15, 0.2) is 5.12 Å². The number of hydrogen-bond donors (Lipinski definition) is 2. The minimum atomic E-state index is -1.07. The molecule has 0 aliphatic rings. The van der Waals surface area contributed by atoms with Crippen molar-refractivity contribution in [1.29, 1.82) is 0 Å². The van der Waals surface area contributed by atoms with Crippen LogP contribution in [0.3, 0.4) is 0 Å². The van der Waals surface area contributed by atoms with Crippen molar-refractivity contribution in [3.05, 3.63) is 71.8 Å². The number of carbonyl (C=O) groups is 3. The number of aliphatic carboxylic acids is 1. The predicted molar refractivity (Wildman–Crippen MR) is 124 cm³/mol. The molecule has 2 amide bonds. The molecule has 0 spiro atoms. The number of carboxylic acids is 1. The number of amides is 2. The topological polar surface area (TPSA) is 86.7 Å². The van der Waals surface area contributed by atoms with Gasteiger partial charge in [-0.2, -0.15) is 0 Å². The fraction of sp³-hybridized carbons (Fsp3) is 0.375. The zero-order valence-electron chi connectivity index (χ0n) is 18.0. The van der Waals surface area contributed by atoms with Crippen molar-refractivity contribution < 1.29 is 19.5 Å². The lowest BCUT2D eigenvalue weighted by Crippen LogP contribution is -2.50. The Bertz CT molecular complexity index is 845. The van der Waals surface area contributed by atoms with Crippen LogP contribution in [0.4, 0.5) is 4.79 Å². The highest BCUT2D eigenvalue weighted by Crippen LogP contribution is 2.12. The molecule has 6 nitrogen and oxygen atoms in total. The van der Waals surface area contributed by atoms with Crippen molar-refractivity contribution in [1.82, 2.24) is 10.2 Å². The molecule has 2 N–H and O–H groups in total. The largest absolute Gasteiger partial charge is 0.480 e. The second-order valence-corrected chi connectivity index (χ2v) is 8.82. The van der Waals surface area contributed by atoms with E-state index in [1.807, 2.05) is 67.6 Å². The van der Waals surface area contributed by atoms with E-state index in [9.17, 15) is 19.5 Å². The quantitative estimate of drug-likeness (QED) is 0.552. The number of thioether (sulfide) groups is 1. The lowest BCUT2D eigenvalue weighted by atomic mass is 10.1. The SMILES string of the molecule is CC(=O)SC[C@@H](C)CN(CCc1ccccc1)C(=O)N[C@@H](Cc1ccccc1)C(=O)O. The molecule has 0 heterocycles. The summed E-state index contributed by atoms with van der Waals surface area (Å²) in [6, 6.07) is 17.7. The van der Waals surface area contributed by atoms with E-state index in [-0.39, 0.29) is 17.5 Å².